The molecule has 0 radical (unpaired) electrons. The van der Waals surface area contributed by atoms with Crippen molar-refractivity contribution in [2.24, 2.45) is 11.5 Å². The fourth-order valence-corrected chi connectivity index (χ4v) is 4.27. The largest absolute Gasteiger partial charge is 0.508 e. The van der Waals surface area contributed by atoms with Crippen LogP contribution >= 0.6 is 23.5 Å². The fourth-order valence-electron chi connectivity index (χ4n) is 3.33. The van der Waals surface area contributed by atoms with Gasteiger partial charge in [0.2, 0.25) is 23.6 Å². The molecule has 9 N–H and O–H groups in total. The summed E-state index contributed by atoms with van der Waals surface area (Å²) in [7, 11) is 0. The van der Waals surface area contributed by atoms with Gasteiger partial charge in [-0.05, 0) is 61.0 Å². The maximum atomic E-state index is 13.2. The van der Waals surface area contributed by atoms with E-state index in [1.807, 2.05) is 12.5 Å². The zero-order valence-corrected chi connectivity index (χ0v) is 23.1. The van der Waals surface area contributed by atoms with Gasteiger partial charge in [0, 0.05) is 12.8 Å². The predicted molar refractivity (Wildman–Crippen MR) is 148 cm³/mol. The van der Waals surface area contributed by atoms with Crippen LogP contribution in [0.15, 0.2) is 24.3 Å². The molecule has 0 bridgehead atoms. The Bertz CT molecular complexity index is 949. The molecule has 4 unspecified atom stereocenters. The number of thioether (sulfide) groups is 2. The zero-order valence-electron chi connectivity index (χ0n) is 21.5. The average molecular weight is 572 g/mol. The number of hydrogen-bond donors (Lipinski definition) is 7. The first-order valence-corrected chi connectivity index (χ1v) is 14.7. The number of benzene rings is 1. The lowest BCUT2D eigenvalue weighted by molar-refractivity contribution is -0.142. The van der Waals surface area contributed by atoms with E-state index < -0.39 is 53.8 Å². The number of rotatable bonds is 18. The van der Waals surface area contributed by atoms with Crippen LogP contribution in [0.1, 0.15) is 31.2 Å². The lowest BCUT2D eigenvalue weighted by atomic mass is 10.0. The Morgan fingerprint density at radius 1 is 0.816 bits per heavy atom. The molecule has 1 rings (SSSR count). The van der Waals surface area contributed by atoms with Crippen molar-refractivity contribution < 1.29 is 34.2 Å². The number of aromatic hydroxyl groups is 1. The maximum absolute atomic E-state index is 13.2. The van der Waals surface area contributed by atoms with E-state index in [-0.39, 0.29) is 37.9 Å². The number of phenolic OH excluding ortho intramolecular Hbond substituents is 1. The molecule has 0 saturated heterocycles. The van der Waals surface area contributed by atoms with Crippen molar-refractivity contribution in [3.05, 3.63) is 29.8 Å². The first-order valence-electron chi connectivity index (χ1n) is 11.9. The Hall–Kier alpha value is -2.97. The van der Waals surface area contributed by atoms with Crippen LogP contribution < -0.4 is 27.4 Å². The van der Waals surface area contributed by atoms with Gasteiger partial charge in [0.25, 0.3) is 0 Å². The van der Waals surface area contributed by atoms with Gasteiger partial charge in [0.1, 0.15) is 23.9 Å². The van der Waals surface area contributed by atoms with E-state index in [4.69, 9.17) is 11.5 Å². The fraction of sp³-hybridized carbons (Fsp3) is 0.542. The summed E-state index contributed by atoms with van der Waals surface area (Å²) >= 11 is 2.89. The molecule has 0 heterocycles. The van der Waals surface area contributed by atoms with Crippen molar-refractivity contribution in [1.82, 2.24) is 16.0 Å². The van der Waals surface area contributed by atoms with Gasteiger partial charge in [0.05, 0.1) is 6.04 Å². The Kier molecular flexibility index (Phi) is 15.2. The maximum Gasteiger partial charge on any atom is 0.326 e. The molecule has 38 heavy (non-hydrogen) atoms. The smallest absolute Gasteiger partial charge is 0.326 e. The van der Waals surface area contributed by atoms with E-state index in [0.29, 0.717) is 17.1 Å². The monoisotopic (exact) mass is 571 g/mol. The molecule has 0 aliphatic carbocycles. The molecule has 0 aliphatic rings. The number of amides is 4. The third-order valence-corrected chi connectivity index (χ3v) is 6.80. The summed E-state index contributed by atoms with van der Waals surface area (Å²) in [6.07, 6.45) is 4.00. The van der Waals surface area contributed by atoms with E-state index in [1.54, 1.807) is 12.1 Å². The van der Waals surface area contributed by atoms with Crippen LogP contribution in [0.5, 0.6) is 5.75 Å². The third-order valence-electron chi connectivity index (χ3n) is 5.52. The summed E-state index contributed by atoms with van der Waals surface area (Å²) in [5.41, 5.74) is 11.5. The molecule has 4 amide bonds. The molecule has 0 aliphatic heterocycles. The molecule has 12 nitrogen and oxygen atoms in total. The van der Waals surface area contributed by atoms with Gasteiger partial charge in [-0.1, -0.05) is 12.1 Å². The van der Waals surface area contributed by atoms with Gasteiger partial charge >= 0.3 is 5.97 Å². The number of aliphatic carboxylic acids is 1. The van der Waals surface area contributed by atoms with Crippen molar-refractivity contribution in [3.8, 4) is 5.75 Å². The first-order chi connectivity index (χ1) is 18.0. The molecular formula is C24H37N5O7S2. The number of nitrogens with two attached hydrogens (primary N) is 2. The van der Waals surface area contributed by atoms with Crippen molar-refractivity contribution in [3.63, 3.8) is 0 Å². The highest BCUT2D eigenvalue weighted by atomic mass is 32.2. The van der Waals surface area contributed by atoms with Crippen LogP contribution in [0.2, 0.25) is 0 Å². The standard InChI is InChI=1S/C24H37N5O7S2/c1-37-11-9-17(27-21(32)16(25)7-8-20(26)31)22(33)29-19(13-14-3-5-15(30)6-4-14)23(34)28-18(24(35)36)10-12-38-2/h3-6,16-19,30H,7-13,25H2,1-2H3,(H2,26,31)(H,27,32)(H,28,34)(H,29,33)(H,35,36). The number of carbonyl (C=O) groups is 5. The molecule has 0 spiro atoms. The zero-order chi connectivity index (χ0) is 28.7. The second kappa shape index (κ2) is 17.5. The van der Waals surface area contributed by atoms with Gasteiger partial charge in [-0.15, -0.1) is 0 Å². The molecular weight excluding hydrogens is 534 g/mol. The van der Waals surface area contributed by atoms with Gasteiger partial charge in [-0.3, -0.25) is 19.2 Å². The average Bonchev–Trinajstić information content (AvgIpc) is 2.87. The van der Waals surface area contributed by atoms with Crippen molar-refractivity contribution in [1.29, 1.82) is 0 Å². The third kappa shape index (κ3) is 12.5. The second-order valence-electron chi connectivity index (χ2n) is 8.57. The van der Waals surface area contributed by atoms with Crippen LogP contribution in [0.25, 0.3) is 0 Å². The summed E-state index contributed by atoms with van der Waals surface area (Å²) in [5.74, 6) is -2.76. The van der Waals surface area contributed by atoms with Crippen molar-refractivity contribution in [2.75, 3.05) is 24.0 Å². The lowest BCUT2D eigenvalue weighted by Gasteiger charge is -2.25. The van der Waals surface area contributed by atoms with Crippen molar-refractivity contribution >= 4 is 53.1 Å². The van der Waals surface area contributed by atoms with Crippen LogP contribution in [0.4, 0.5) is 0 Å². The summed E-state index contributed by atoms with van der Waals surface area (Å²) < 4.78 is 0. The SMILES string of the molecule is CSCCC(NC(=O)C(Cc1ccc(O)cc1)NC(=O)C(CCSC)NC(=O)C(N)CCC(N)=O)C(=O)O. The number of nitrogens with one attached hydrogen (secondary N) is 3. The number of carbonyl (C=O) groups excluding carboxylic acids is 4. The van der Waals surface area contributed by atoms with Gasteiger partial charge < -0.3 is 37.6 Å². The minimum absolute atomic E-state index is 0.00798. The first kappa shape index (κ1) is 33.1. The highest BCUT2D eigenvalue weighted by Gasteiger charge is 2.30. The van der Waals surface area contributed by atoms with Crippen LogP contribution in [0, 0.1) is 0 Å². The van der Waals surface area contributed by atoms with Crippen LogP contribution in [-0.2, 0) is 30.4 Å². The Labute approximate surface area is 230 Å². The van der Waals surface area contributed by atoms with E-state index in [2.05, 4.69) is 16.0 Å². The van der Waals surface area contributed by atoms with Gasteiger partial charge in [0.15, 0.2) is 0 Å². The second-order valence-corrected chi connectivity index (χ2v) is 10.5. The molecule has 14 heteroatoms. The number of carboxylic acids is 1. The Morgan fingerprint density at radius 2 is 1.32 bits per heavy atom. The quantitative estimate of drug-likeness (QED) is 0.121. The molecule has 0 fully saturated rings. The molecule has 1 aromatic carbocycles. The highest BCUT2D eigenvalue weighted by molar-refractivity contribution is 7.98. The minimum atomic E-state index is -1.20. The summed E-state index contributed by atoms with van der Waals surface area (Å²) in [5, 5.41) is 26.8. The lowest BCUT2D eigenvalue weighted by Crippen LogP contribution is -2.57. The van der Waals surface area contributed by atoms with Crippen LogP contribution in [0.3, 0.4) is 0 Å². The summed E-state index contributed by atoms with van der Waals surface area (Å²) in [4.78, 5) is 61.6. The van der Waals surface area contributed by atoms with Gasteiger partial charge in [-0.25, -0.2) is 4.79 Å². The van der Waals surface area contributed by atoms with E-state index in [1.165, 1.54) is 35.7 Å². The normalized spacial score (nSPS) is 14.0. The molecule has 1 aromatic rings. The van der Waals surface area contributed by atoms with Crippen molar-refractivity contribution in [2.45, 2.75) is 56.3 Å². The molecule has 0 aromatic heterocycles. The number of hydrogen-bond acceptors (Lipinski definition) is 9. The highest BCUT2D eigenvalue weighted by Crippen LogP contribution is 2.13. The molecule has 0 saturated carbocycles. The number of carboxylic acid groups (broad SMARTS) is 1. The number of primary amides is 1. The Balaban J connectivity index is 3.10. The Morgan fingerprint density at radius 3 is 1.84 bits per heavy atom. The van der Waals surface area contributed by atoms with E-state index in [9.17, 15) is 34.2 Å². The van der Waals surface area contributed by atoms with E-state index >= 15 is 0 Å². The summed E-state index contributed by atoms with van der Waals surface area (Å²) in [6, 6.07) is 1.61. The number of phenols is 1. The van der Waals surface area contributed by atoms with Crippen LogP contribution in [-0.4, -0.2) is 88.0 Å². The minimum Gasteiger partial charge on any atom is -0.508 e. The predicted octanol–water partition coefficient (Wildman–Crippen LogP) is -0.427. The molecule has 4 atom stereocenters. The molecule has 212 valence electrons. The van der Waals surface area contributed by atoms with E-state index in [0.717, 1.165) is 0 Å². The topological polar surface area (TPSA) is 214 Å². The van der Waals surface area contributed by atoms with Gasteiger partial charge in [-0.2, -0.15) is 23.5 Å². The summed E-state index contributed by atoms with van der Waals surface area (Å²) in [6.45, 7) is 0.